The first kappa shape index (κ1) is 19.5. The summed E-state index contributed by atoms with van der Waals surface area (Å²) in [5.74, 6) is 0.356. The third-order valence-corrected chi connectivity index (χ3v) is 4.08. The summed E-state index contributed by atoms with van der Waals surface area (Å²) in [4.78, 5) is 18.0. The number of nitrogens with two attached hydrogens (primary N) is 1. The summed E-state index contributed by atoms with van der Waals surface area (Å²) >= 11 is 0. The second kappa shape index (κ2) is 8.54. The Morgan fingerprint density at radius 1 is 1.12 bits per heavy atom. The van der Waals surface area contributed by atoms with Crippen molar-refractivity contribution in [1.29, 1.82) is 0 Å². The number of hydrogen-bond donors (Lipinski definition) is 1. The monoisotopic (exact) mass is 371 g/mol. The van der Waals surface area contributed by atoms with E-state index in [0.29, 0.717) is 23.8 Å². The molecule has 2 aromatic carbocycles. The zero-order valence-electron chi connectivity index (χ0n) is 14.8. The lowest BCUT2D eigenvalue weighted by Gasteiger charge is -2.22. The molecular weight excluding hydrogens is 350 g/mol. The summed E-state index contributed by atoms with van der Waals surface area (Å²) in [5, 5.41) is 0.810. The van der Waals surface area contributed by atoms with Crippen molar-refractivity contribution in [2.45, 2.75) is 20.3 Å². The smallest absolute Gasteiger partial charge is 0.336 e. The molecule has 1 heterocycles. The fourth-order valence-electron chi connectivity index (χ4n) is 2.77. The van der Waals surface area contributed by atoms with Crippen LogP contribution in [-0.2, 0) is 6.42 Å². The molecule has 1 aromatic heterocycles. The molecular formula is C20H22ClN3O2. The summed E-state index contributed by atoms with van der Waals surface area (Å²) in [6.07, 6.45) is 0.955. The minimum absolute atomic E-state index is 0. The van der Waals surface area contributed by atoms with Crippen LogP contribution < -0.4 is 16.3 Å². The highest BCUT2D eigenvalue weighted by Crippen LogP contribution is 2.25. The van der Waals surface area contributed by atoms with Gasteiger partial charge in [0.15, 0.2) is 5.58 Å². The molecule has 136 valence electrons. The molecule has 3 rings (SSSR count). The van der Waals surface area contributed by atoms with Crippen molar-refractivity contribution in [3.05, 3.63) is 70.6 Å². The van der Waals surface area contributed by atoms with Crippen molar-refractivity contribution in [3.63, 3.8) is 0 Å². The van der Waals surface area contributed by atoms with Gasteiger partial charge < -0.3 is 15.1 Å². The molecule has 0 spiro atoms. The van der Waals surface area contributed by atoms with Gasteiger partial charge in [-0.15, -0.1) is 12.4 Å². The molecule has 0 fully saturated rings. The van der Waals surface area contributed by atoms with Crippen molar-refractivity contribution in [2.24, 2.45) is 10.7 Å². The molecule has 0 bridgehead atoms. The first-order chi connectivity index (χ1) is 12.1. The number of hydrogen-bond acceptors (Lipinski definition) is 3. The maximum absolute atomic E-state index is 11.5. The lowest BCUT2D eigenvalue weighted by atomic mass is 10.1. The van der Waals surface area contributed by atoms with E-state index in [4.69, 9.17) is 10.2 Å². The molecule has 26 heavy (non-hydrogen) atoms. The Hall–Kier alpha value is -2.79. The van der Waals surface area contributed by atoms with Crippen molar-refractivity contribution in [1.82, 2.24) is 0 Å². The number of anilines is 1. The maximum atomic E-state index is 11.5. The van der Waals surface area contributed by atoms with Crippen LogP contribution in [0.2, 0.25) is 0 Å². The van der Waals surface area contributed by atoms with Gasteiger partial charge in [0.2, 0.25) is 5.96 Å². The van der Waals surface area contributed by atoms with Gasteiger partial charge in [0, 0.05) is 23.7 Å². The largest absolute Gasteiger partial charge is 0.420 e. The van der Waals surface area contributed by atoms with Crippen LogP contribution in [0.15, 0.2) is 68.8 Å². The first-order valence-corrected chi connectivity index (χ1v) is 8.36. The van der Waals surface area contributed by atoms with Gasteiger partial charge in [-0.25, -0.2) is 9.79 Å². The van der Waals surface area contributed by atoms with E-state index in [0.717, 1.165) is 17.5 Å². The zero-order valence-corrected chi connectivity index (χ0v) is 15.6. The number of aliphatic imine (C=N–C) groups is 1. The molecule has 0 aliphatic heterocycles. The van der Waals surface area contributed by atoms with Crippen LogP contribution in [-0.4, -0.2) is 12.5 Å². The maximum Gasteiger partial charge on any atom is 0.336 e. The van der Waals surface area contributed by atoms with E-state index < -0.39 is 5.63 Å². The van der Waals surface area contributed by atoms with Gasteiger partial charge in [-0.1, -0.05) is 31.2 Å². The van der Waals surface area contributed by atoms with E-state index in [2.05, 4.69) is 24.0 Å². The summed E-state index contributed by atoms with van der Waals surface area (Å²) in [5.41, 5.74) is 9.07. The molecule has 2 N–H and O–H groups in total. The van der Waals surface area contributed by atoms with Crippen LogP contribution in [0.1, 0.15) is 19.4 Å². The lowest BCUT2D eigenvalue weighted by Crippen LogP contribution is -2.37. The van der Waals surface area contributed by atoms with Crippen LogP contribution in [0.5, 0.6) is 0 Å². The highest BCUT2D eigenvalue weighted by Gasteiger charge is 2.11. The van der Waals surface area contributed by atoms with E-state index in [1.165, 1.54) is 11.6 Å². The Morgan fingerprint density at radius 2 is 1.88 bits per heavy atom. The Bertz CT molecular complexity index is 982. The van der Waals surface area contributed by atoms with E-state index in [-0.39, 0.29) is 12.4 Å². The third kappa shape index (κ3) is 4.06. The first-order valence-electron chi connectivity index (χ1n) is 8.36. The van der Waals surface area contributed by atoms with Gasteiger partial charge >= 0.3 is 5.63 Å². The average Bonchev–Trinajstić information content (AvgIpc) is 2.63. The van der Waals surface area contributed by atoms with Crippen molar-refractivity contribution in [3.8, 4) is 0 Å². The highest BCUT2D eigenvalue weighted by atomic mass is 35.5. The predicted molar refractivity (Wildman–Crippen MR) is 110 cm³/mol. The molecule has 0 saturated carbocycles. The molecule has 0 atom stereocenters. The molecule has 0 unspecified atom stereocenters. The SMILES string of the molecule is CCc1cccc(N(CC)C(N)=Nc2cccc3ccc(=O)oc23)c1.Cl. The van der Waals surface area contributed by atoms with E-state index >= 15 is 0 Å². The standard InChI is InChI=1S/C20H21N3O2.ClH/c1-3-14-7-5-9-16(13-14)23(4-2)20(21)22-17-10-6-8-15-11-12-18(24)25-19(15)17;/h5-13H,3-4H2,1-2H3,(H2,21,22);1H. The molecule has 5 nitrogen and oxygen atoms in total. The Kier molecular flexibility index (Phi) is 6.41. The van der Waals surface area contributed by atoms with Gasteiger partial charge in [-0.05, 0) is 43.2 Å². The molecule has 3 aromatic rings. The highest BCUT2D eigenvalue weighted by molar-refractivity contribution is 5.99. The fourth-order valence-corrected chi connectivity index (χ4v) is 2.77. The number of para-hydroxylation sites is 1. The normalized spacial score (nSPS) is 11.2. The molecule has 6 heteroatoms. The van der Waals surface area contributed by atoms with Crippen LogP contribution in [0, 0.1) is 0 Å². The quantitative estimate of drug-likeness (QED) is 0.422. The van der Waals surface area contributed by atoms with Crippen molar-refractivity contribution >= 4 is 40.7 Å². The number of aryl methyl sites for hydroxylation is 1. The van der Waals surface area contributed by atoms with Crippen LogP contribution in [0.4, 0.5) is 11.4 Å². The van der Waals surface area contributed by atoms with E-state index in [9.17, 15) is 4.79 Å². The van der Waals surface area contributed by atoms with Crippen LogP contribution in [0.3, 0.4) is 0 Å². The van der Waals surface area contributed by atoms with Crippen molar-refractivity contribution < 1.29 is 4.42 Å². The minimum Gasteiger partial charge on any atom is -0.420 e. The number of fused-ring (bicyclic) bond motifs is 1. The van der Waals surface area contributed by atoms with Gasteiger partial charge in [0.05, 0.1) is 0 Å². The van der Waals surface area contributed by atoms with E-state index in [1.807, 2.05) is 36.1 Å². The summed E-state index contributed by atoms with van der Waals surface area (Å²) in [6.45, 7) is 4.81. The minimum atomic E-state index is -0.406. The summed E-state index contributed by atoms with van der Waals surface area (Å²) < 4.78 is 5.31. The molecule has 0 aliphatic rings. The molecule has 0 radical (unpaired) electrons. The molecule has 0 saturated heterocycles. The lowest BCUT2D eigenvalue weighted by molar-refractivity contribution is 0.561. The fraction of sp³-hybridized carbons (Fsp3) is 0.200. The zero-order chi connectivity index (χ0) is 17.8. The number of nitrogens with zero attached hydrogens (tertiary/aromatic N) is 2. The molecule has 0 amide bonds. The van der Waals surface area contributed by atoms with Crippen LogP contribution >= 0.6 is 12.4 Å². The van der Waals surface area contributed by atoms with Crippen molar-refractivity contribution in [2.75, 3.05) is 11.4 Å². The third-order valence-electron chi connectivity index (χ3n) is 4.08. The summed E-state index contributed by atoms with van der Waals surface area (Å²) in [6, 6.07) is 16.9. The number of halogens is 1. The second-order valence-corrected chi connectivity index (χ2v) is 5.69. The van der Waals surface area contributed by atoms with Gasteiger partial charge in [0.1, 0.15) is 5.69 Å². The Labute approximate surface area is 158 Å². The van der Waals surface area contributed by atoms with Crippen LogP contribution in [0.25, 0.3) is 11.0 Å². The second-order valence-electron chi connectivity index (χ2n) is 5.69. The van der Waals surface area contributed by atoms with Gasteiger partial charge in [0.25, 0.3) is 0 Å². The van der Waals surface area contributed by atoms with E-state index in [1.54, 1.807) is 12.1 Å². The van der Waals surface area contributed by atoms with Gasteiger partial charge in [-0.3, -0.25) is 0 Å². The number of benzene rings is 2. The Morgan fingerprint density at radius 3 is 2.62 bits per heavy atom. The number of guanidine groups is 1. The summed E-state index contributed by atoms with van der Waals surface area (Å²) in [7, 11) is 0. The Balaban J connectivity index is 0.00000243. The topological polar surface area (TPSA) is 71.8 Å². The number of rotatable bonds is 4. The predicted octanol–water partition coefficient (Wildman–Crippen LogP) is 4.25. The average molecular weight is 372 g/mol. The molecule has 0 aliphatic carbocycles. The van der Waals surface area contributed by atoms with Gasteiger partial charge in [-0.2, -0.15) is 0 Å².